The summed E-state index contributed by atoms with van der Waals surface area (Å²) >= 11 is 1.87. The van der Waals surface area contributed by atoms with Crippen LogP contribution in [0.15, 0.2) is 202 Å². The smallest absolute Gasteiger partial charge is 0.157 e. The van der Waals surface area contributed by atoms with Crippen molar-refractivity contribution in [2.75, 3.05) is 12.0 Å². The molecule has 10 aromatic rings. The standard InChI is InChI=1S/C54H38N2OS2/c1-59-33-32-54(59,40-18-6-3-7-19-40)56-52(37-14-4-2-5-15-37)55-53(59)39-17-10-16-38(34-39)41-21-13-26-47-49(41)46-25-11-22-42(50(46)57-47)35-28-30-36(31-29-35)43-23-12-24-45-44-20-8-9-27-48(44)58-51(43)45/h2-31,34H,32-33H2,1H3. The number of para-hydroxylation sites is 1. The molecule has 5 heteroatoms. The number of fused-ring (bicyclic) bond motifs is 7. The van der Waals surface area contributed by atoms with Gasteiger partial charge >= 0.3 is 0 Å². The highest BCUT2D eigenvalue weighted by atomic mass is 32.3. The van der Waals surface area contributed by atoms with Crippen molar-refractivity contribution in [1.82, 2.24) is 0 Å². The Bertz CT molecular complexity index is 3340. The van der Waals surface area contributed by atoms with E-state index in [1.165, 1.54) is 47.5 Å². The van der Waals surface area contributed by atoms with E-state index in [9.17, 15) is 0 Å². The van der Waals surface area contributed by atoms with Gasteiger partial charge in [-0.05, 0) is 70.0 Å². The third-order valence-corrected chi connectivity index (χ3v) is 18.1. The number of hydrogen-bond acceptors (Lipinski definition) is 4. The van der Waals surface area contributed by atoms with Gasteiger partial charge in [0.25, 0.3) is 0 Å². The second-order valence-corrected chi connectivity index (χ2v) is 20.5. The lowest BCUT2D eigenvalue weighted by Gasteiger charge is -2.61. The van der Waals surface area contributed by atoms with Crippen LogP contribution in [0.25, 0.3) is 75.5 Å². The molecular formula is C54H38N2OS2. The molecule has 0 bridgehead atoms. The van der Waals surface area contributed by atoms with E-state index in [4.69, 9.17) is 14.4 Å². The summed E-state index contributed by atoms with van der Waals surface area (Å²) in [5, 5.41) is 6.07. The van der Waals surface area contributed by atoms with E-state index in [0.29, 0.717) is 0 Å². The summed E-state index contributed by atoms with van der Waals surface area (Å²) in [4.78, 5) is 10.7. The molecule has 0 spiro atoms. The minimum atomic E-state index is -1.43. The monoisotopic (exact) mass is 794 g/mol. The van der Waals surface area contributed by atoms with Gasteiger partial charge in [0.2, 0.25) is 0 Å². The summed E-state index contributed by atoms with van der Waals surface area (Å²) in [5.74, 6) is 1.92. The third kappa shape index (κ3) is 5.21. The lowest BCUT2D eigenvalue weighted by atomic mass is 9.95. The molecule has 0 aliphatic carbocycles. The highest BCUT2D eigenvalue weighted by Crippen LogP contribution is 2.75. The van der Waals surface area contributed by atoms with Crippen LogP contribution in [-0.4, -0.2) is 22.9 Å². The molecule has 2 unspecified atom stereocenters. The number of nitrogens with zero attached hydrogens (tertiary/aromatic N) is 2. The molecule has 8 aromatic carbocycles. The van der Waals surface area contributed by atoms with Crippen molar-refractivity contribution >= 4 is 74.4 Å². The lowest BCUT2D eigenvalue weighted by Crippen LogP contribution is -2.49. The Morgan fingerprint density at radius 3 is 1.97 bits per heavy atom. The summed E-state index contributed by atoms with van der Waals surface area (Å²) < 4.78 is 9.45. The van der Waals surface area contributed by atoms with Gasteiger partial charge in [0.1, 0.15) is 16.0 Å². The average Bonchev–Trinajstić information content (AvgIpc) is 3.88. The zero-order valence-electron chi connectivity index (χ0n) is 32.4. The number of thiophene rings is 1. The number of rotatable bonds is 6. The van der Waals surface area contributed by atoms with Crippen LogP contribution in [0.4, 0.5) is 0 Å². The van der Waals surface area contributed by atoms with Gasteiger partial charge in [0, 0.05) is 47.6 Å². The average molecular weight is 795 g/mol. The van der Waals surface area contributed by atoms with Crippen molar-refractivity contribution in [1.29, 1.82) is 0 Å². The predicted molar refractivity (Wildman–Crippen MR) is 254 cm³/mol. The van der Waals surface area contributed by atoms with E-state index in [-0.39, 0.29) is 4.87 Å². The Labute approximate surface area is 348 Å². The van der Waals surface area contributed by atoms with E-state index < -0.39 is 10.0 Å². The number of hydrogen-bond donors (Lipinski definition) is 0. The first-order chi connectivity index (χ1) is 29.1. The Balaban J connectivity index is 0.950. The van der Waals surface area contributed by atoms with Crippen LogP contribution in [0.5, 0.6) is 0 Å². The van der Waals surface area contributed by atoms with Gasteiger partial charge in [-0.2, -0.15) is 10.0 Å². The second-order valence-electron chi connectivity index (χ2n) is 15.8. The van der Waals surface area contributed by atoms with Crippen molar-refractivity contribution < 1.29 is 4.42 Å². The first-order valence-corrected chi connectivity index (χ1v) is 23.2. The normalized spacial score (nSPS) is 19.9. The van der Waals surface area contributed by atoms with E-state index in [0.717, 1.165) is 67.8 Å². The van der Waals surface area contributed by atoms with Gasteiger partial charge in [-0.1, -0.05) is 170 Å². The van der Waals surface area contributed by atoms with Crippen LogP contribution >= 0.6 is 21.4 Å². The molecule has 2 aliphatic rings. The first kappa shape index (κ1) is 34.5. The summed E-state index contributed by atoms with van der Waals surface area (Å²) in [6.45, 7) is 0. The van der Waals surface area contributed by atoms with Crippen LogP contribution in [-0.2, 0) is 4.87 Å². The van der Waals surface area contributed by atoms with Gasteiger partial charge in [0.05, 0.1) is 5.04 Å². The number of benzene rings is 8. The molecule has 2 aliphatic heterocycles. The van der Waals surface area contributed by atoms with Crippen molar-refractivity contribution in [2.24, 2.45) is 9.98 Å². The second kappa shape index (κ2) is 13.3. The molecule has 59 heavy (non-hydrogen) atoms. The maximum Gasteiger partial charge on any atom is 0.157 e. The van der Waals surface area contributed by atoms with Crippen LogP contribution in [0.2, 0.25) is 0 Å². The minimum Gasteiger partial charge on any atom is -0.455 e. The molecule has 4 heterocycles. The van der Waals surface area contributed by atoms with Gasteiger partial charge in [0.15, 0.2) is 5.84 Å². The SMILES string of the molecule is CS12CCC1(c1ccccc1)N=C(c1ccccc1)N=C2c1cccc(-c2cccc3oc4c(-c5ccc(-c6cccc7c6sc6ccccc67)cc5)cccc4c23)c1. The minimum absolute atomic E-state index is 0.298. The molecule has 12 rings (SSSR count). The number of amidine groups is 1. The maximum absolute atomic E-state index is 6.80. The molecule has 2 aromatic heterocycles. The lowest BCUT2D eigenvalue weighted by molar-refractivity contribution is 0.580. The molecule has 3 nitrogen and oxygen atoms in total. The predicted octanol–water partition coefficient (Wildman–Crippen LogP) is 14.9. The van der Waals surface area contributed by atoms with Crippen LogP contribution < -0.4 is 0 Å². The van der Waals surface area contributed by atoms with E-state index in [2.05, 4.69) is 194 Å². The summed E-state index contributed by atoms with van der Waals surface area (Å²) in [6, 6.07) is 67.8. The molecule has 2 atom stereocenters. The molecule has 0 amide bonds. The highest BCUT2D eigenvalue weighted by molar-refractivity contribution is 8.46. The molecule has 1 saturated heterocycles. The zero-order valence-corrected chi connectivity index (χ0v) is 34.1. The van der Waals surface area contributed by atoms with Crippen LogP contribution in [0.1, 0.15) is 23.1 Å². The van der Waals surface area contributed by atoms with Crippen LogP contribution in [0, 0.1) is 0 Å². The van der Waals surface area contributed by atoms with Gasteiger partial charge in [-0.15, -0.1) is 11.3 Å². The number of furan rings is 1. The quantitative estimate of drug-likeness (QED) is 0.165. The Hall–Kier alpha value is -6.53. The topological polar surface area (TPSA) is 37.9 Å². The molecule has 1 fully saturated rings. The summed E-state index contributed by atoms with van der Waals surface area (Å²) in [5.41, 5.74) is 12.3. The fourth-order valence-corrected chi connectivity index (χ4v) is 14.4. The van der Waals surface area contributed by atoms with Crippen molar-refractivity contribution in [3.8, 4) is 33.4 Å². The molecular weight excluding hydrogens is 757 g/mol. The first-order valence-electron chi connectivity index (χ1n) is 20.2. The molecule has 0 radical (unpaired) electrons. The van der Waals surface area contributed by atoms with E-state index >= 15 is 0 Å². The Kier molecular flexibility index (Phi) is 7.75. The number of aliphatic imine (C=N–C) groups is 2. The fourth-order valence-electron chi connectivity index (χ4n) is 9.56. The summed E-state index contributed by atoms with van der Waals surface area (Å²) in [6.07, 6.45) is 3.47. The van der Waals surface area contributed by atoms with Gasteiger partial charge < -0.3 is 4.42 Å². The molecule has 0 N–H and O–H groups in total. The highest BCUT2D eigenvalue weighted by Gasteiger charge is 2.58. The van der Waals surface area contributed by atoms with Crippen LogP contribution in [0.3, 0.4) is 0 Å². The maximum atomic E-state index is 6.80. The van der Waals surface area contributed by atoms with Crippen molar-refractivity contribution in [2.45, 2.75) is 11.3 Å². The van der Waals surface area contributed by atoms with Crippen molar-refractivity contribution in [3.63, 3.8) is 0 Å². The van der Waals surface area contributed by atoms with Gasteiger partial charge in [-0.25, -0.2) is 9.98 Å². The summed E-state index contributed by atoms with van der Waals surface area (Å²) in [7, 11) is -1.43. The molecule has 0 saturated carbocycles. The third-order valence-electron chi connectivity index (χ3n) is 12.6. The Morgan fingerprint density at radius 1 is 0.542 bits per heavy atom. The zero-order chi connectivity index (χ0) is 39.1. The van der Waals surface area contributed by atoms with Gasteiger partial charge in [-0.3, -0.25) is 0 Å². The molecule has 282 valence electrons. The largest absolute Gasteiger partial charge is 0.455 e. The van der Waals surface area contributed by atoms with Crippen molar-refractivity contribution in [3.05, 3.63) is 205 Å². The van der Waals surface area contributed by atoms with E-state index in [1.54, 1.807) is 0 Å². The Morgan fingerprint density at radius 2 is 1.17 bits per heavy atom. The fraction of sp³-hybridized carbons (Fsp3) is 0.0741. The van der Waals surface area contributed by atoms with E-state index in [1.807, 2.05) is 11.3 Å².